The molecule has 1 N–H and O–H groups in total. The average molecular weight is 429 g/mol. The van der Waals surface area contributed by atoms with Crippen LogP contribution < -0.4 is 14.8 Å². The first kappa shape index (κ1) is 19.6. The highest BCUT2D eigenvalue weighted by atomic mass is 16.7. The molecule has 1 unspecified atom stereocenters. The van der Waals surface area contributed by atoms with E-state index in [4.69, 9.17) is 13.9 Å². The Labute approximate surface area is 183 Å². The van der Waals surface area contributed by atoms with Crippen LogP contribution >= 0.6 is 0 Å². The van der Waals surface area contributed by atoms with Crippen LogP contribution in [0.1, 0.15) is 24.3 Å². The molecule has 32 heavy (non-hydrogen) atoms. The minimum Gasteiger partial charge on any atom is -0.465 e. The van der Waals surface area contributed by atoms with Crippen LogP contribution in [0.15, 0.2) is 71.3 Å². The highest BCUT2D eigenvalue weighted by Gasteiger charge is 2.22. The Balaban J connectivity index is 1.47. The number of furan rings is 1. The molecule has 2 aromatic heterocycles. The number of rotatable bonds is 6. The summed E-state index contributed by atoms with van der Waals surface area (Å²) in [6, 6.07) is 18.2. The minimum atomic E-state index is -0.365. The van der Waals surface area contributed by atoms with Gasteiger partial charge in [-0.05, 0) is 47.2 Å². The van der Waals surface area contributed by atoms with Crippen LogP contribution in [-0.4, -0.2) is 32.9 Å². The Kier molecular flexibility index (Phi) is 5.12. The van der Waals surface area contributed by atoms with Gasteiger partial charge >= 0.3 is 0 Å². The van der Waals surface area contributed by atoms with Crippen molar-refractivity contribution in [1.82, 2.24) is 25.5 Å². The summed E-state index contributed by atoms with van der Waals surface area (Å²) in [5.74, 6) is 1.92. The molecule has 5 rings (SSSR count). The number of benzene rings is 2. The Morgan fingerprint density at radius 1 is 1.09 bits per heavy atom. The molecule has 0 bridgehead atoms. The zero-order valence-corrected chi connectivity index (χ0v) is 17.1. The van der Waals surface area contributed by atoms with E-state index in [1.807, 2.05) is 55.5 Å². The monoisotopic (exact) mass is 429 g/mol. The van der Waals surface area contributed by atoms with Crippen LogP contribution in [0, 0.1) is 0 Å². The zero-order valence-electron chi connectivity index (χ0n) is 17.1. The third-order valence-corrected chi connectivity index (χ3v) is 5.03. The Morgan fingerprint density at radius 3 is 2.75 bits per heavy atom. The van der Waals surface area contributed by atoms with Crippen molar-refractivity contribution in [3.8, 4) is 22.9 Å². The molecule has 0 fully saturated rings. The largest absolute Gasteiger partial charge is 0.465 e. The van der Waals surface area contributed by atoms with Gasteiger partial charge in [0.2, 0.25) is 6.79 Å². The van der Waals surface area contributed by atoms with Crippen molar-refractivity contribution >= 4 is 17.7 Å². The number of hydrogen-bond donors (Lipinski definition) is 1. The molecule has 0 radical (unpaired) electrons. The number of carbonyl (C=O) groups excluding carboxylic acids is 1. The second-order valence-electron chi connectivity index (χ2n) is 7.13. The van der Waals surface area contributed by atoms with E-state index in [2.05, 4.69) is 20.8 Å². The Hall–Kier alpha value is -4.40. The quantitative estimate of drug-likeness (QED) is 0.468. The molecule has 1 aliphatic heterocycles. The topological polar surface area (TPSA) is 104 Å². The maximum Gasteiger partial charge on any atom is 0.270 e. The first-order valence-corrected chi connectivity index (χ1v) is 9.99. The van der Waals surface area contributed by atoms with Gasteiger partial charge < -0.3 is 19.2 Å². The fourth-order valence-corrected chi connectivity index (χ4v) is 3.38. The fraction of sp³-hybridized carbons (Fsp3) is 0.130. The minimum absolute atomic E-state index is 0.192. The number of nitrogens with zero attached hydrogens (tertiary/aromatic N) is 4. The predicted molar refractivity (Wildman–Crippen MR) is 115 cm³/mol. The van der Waals surface area contributed by atoms with Gasteiger partial charge in [-0.1, -0.05) is 36.4 Å². The summed E-state index contributed by atoms with van der Waals surface area (Å²) in [6.07, 6.45) is 3.14. The van der Waals surface area contributed by atoms with Crippen molar-refractivity contribution < 1.29 is 18.7 Å². The molecule has 9 nitrogen and oxygen atoms in total. The van der Waals surface area contributed by atoms with Crippen molar-refractivity contribution in [2.45, 2.75) is 13.0 Å². The number of tetrazole rings is 1. The second kappa shape index (κ2) is 8.38. The van der Waals surface area contributed by atoms with Crippen LogP contribution in [0.5, 0.6) is 11.5 Å². The summed E-state index contributed by atoms with van der Waals surface area (Å²) in [7, 11) is 0. The molecule has 4 aromatic rings. The Morgan fingerprint density at radius 2 is 1.94 bits per heavy atom. The van der Waals surface area contributed by atoms with Gasteiger partial charge in [-0.15, -0.1) is 5.10 Å². The highest BCUT2D eigenvalue weighted by molar-refractivity contribution is 6.18. The summed E-state index contributed by atoms with van der Waals surface area (Å²) in [4.78, 5) is 13.4. The van der Waals surface area contributed by atoms with E-state index in [9.17, 15) is 4.79 Å². The number of ether oxygens (including phenoxy) is 2. The van der Waals surface area contributed by atoms with Crippen LogP contribution in [0.25, 0.3) is 23.2 Å². The summed E-state index contributed by atoms with van der Waals surface area (Å²) in [6.45, 7) is 2.08. The van der Waals surface area contributed by atoms with E-state index in [0.29, 0.717) is 23.1 Å². The third-order valence-electron chi connectivity index (χ3n) is 5.03. The van der Waals surface area contributed by atoms with Gasteiger partial charge in [0.25, 0.3) is 5.91 Å². The number of hydrogen-bond acceptors (Lipinski definition) is 7. The first-order valence-electron chi connectivity index (χ1n) is 9.99. The molecule has 0 saturated heterocycles. The van der Waals surface area contributed by atoms with Crippen LogP contribution in [0.2, 0.25) is 0 Å². The summed E-state index contributed by atoms with van der Waals surface area (Å²) >= 11 is 0. The second-order valence-corrected chi connectivity index (χ2v) is 7.13. The molecule has 1 aliphatic rings. The van der Waals surface area contributed by atoms with Crippen molar-refractivity contribution in [3.05, 3.63) is 78.3 Å². The van der Waals surface area contributed by atoms with Gasteiger partial charge in [-0.25, -0.2) is 0 Å². The number of aromatic nitrogens is 4. The molecule has 0 aliphatic carbocycles. The molecule has 9 heteroatoms. The average Bonchev–Trinajstić information content (AvgIpc) is 3.59. The number of carbonyl (C=O) groups is 1. The molecule has 1 atom stereocenters. The molecular weight excluding hydrogens is 410 g/mol. The van der Waals surface area contributed by atoms with Crippen molar-refractivity contribution in [2.75, 3.05) is 6.79 Å². The van der Waals surface area contributed by atoms with Crippen molar-refractivity contribution in [1.29, 1.82) is 0 Å². The summed E-state index contributed by atoms with van der Waals surface area (Å²) in [5.41, 5.74) is 1.87. The molecule has 3 heterocycles. The third kappa shape index (κ3) is 3.83. The zero-order chi connectivity index (χ0) is 21.9. The van der Waals surface area contributed by atoms with Crippen LogP contribution in [0.4, 0.5) is 0 Å². The van der Waals surface area contributed by atoms with Crippen LogP contribution in [0.3, 0.4) is 0 Å². The standard InChI is InChI=1S/C23H19N5O4/c1-15(17-9-10-20-21(12-17)32-14-31-20)24-23(29)19(13-18-8-5-11-30-18)28-22(25-26-27-28)16-6-3-2-4-7-16/h2-13,15H,14H2,1H3,(H,24,29)/b19-13+. The summed E-state index contributed by atoms with van der Waals surface area (Å²) < 4.78 is 17.6. The van der Waals surface area contributed by atoms with Gasteiger partial charge in [0.15, 0.2) is 17.3 Å². The van der Waals surface area contributed by atoms with Gasteiger partial charge in [-0.2, -0.15) is 4.68 Å². The van der Waals surface area contributed by atoms with E-state index in [0.717, 1.165) is 11.1 Å². The van der Waals surface area contributed by atoms with Crippen molar-refractivity contribution in [2.24, 2.45) is 0 Å². The fourth-order valence-electron chi connectivity index (χ4n) is 3.38. The number of nitrogens with one attached hydrogen (secondary N) is 1. The molecule has 1 amide bonds. The van der Waals surface area contributed by atoms with E-state index >= 15 is 0 Å². The van der Waals surface area contributed by atoms with Gasteiger partial charge in [0, 0.05) is 11.6 Å². The molecule has 0 spiro atoms. The van der Waals surface area contributed by atoms with Gasteiger partial charge in [-0.3, -0.25) is 4.79 Å². The van der Waals surface area contributed by atoms with E-state index < -0.39 is 0 Å². The van der Waals surface area contributed by atoms with E-state index in [-0.39, 0.29) is 24.4 Å². The highest BCUT2D eigenvalue weighted by Crippen LogP contribution is 2.34. The molecule has 0 saturated carbocycles. The first-order chi connectivity index (χ1) is 15.7. The lowest BCUT2D eigenvalue weighted by molar-refractivity contribution is -0.116. The maximum atomic E-state index is 13.4. The van der Waals surface area contributed by atoms with E-state index in [1.165, 1.54) is 10.9 Å². The smallest absolute Gasteiger partial charge is 0.270 e. The van der Waals surface area contributed by atoms with Gasteiger partial charge in [0.05, 0.1) is 12.3 Å². The van der Waals surface area contributed by atoms with Crippen LogP contribution in [-0.2, 0) is 4.79 Å². The SMILES string of the molecule is CC(NC(=O)/C(=C\c1ccco1)n1nnnc1-c1ccccc1)c1ccc2c(c1)OCO2. The normalized spacial score (nSPS) is 13.7. The lowest BCUT2D eigenvalue weighted by Gasteiger charge is -2.16. The lowest BCUT2D eigenvalue weighted by Crippen LogP contribution is -2.30. The van der Waals surface area contributed by atoms with E-state index in [1.54, 1.807) is 18.2 Å². The molecular formula is C23H19N5O4. The number of fused-ring (bicyclic) bond motifs is 1. The molecule has 160 valence electrons. The summed E-state index contributed by atoms with van der Waals surface area (Å²) in [5, 5.41) is 15.0. The molecule has 2 aromatic carbocycles. The lowest BCUT2D eigenvalue weighted by atomic mass is 10.1. The number of amides is 1. The Bertz CT molecular complexity index is 1260. The van der Waals surface area contributed by atoms with Gasteiger partial charge in [0.1, 0.15) is 11.5 Å². The predicted octanol–water partition coefficient (Wildman–Crippen LogP) is 3.54. The van der Waals surface area contributed by atoms with Crippen molar-refractivity contribution in [3.63, 3.8) is 0 Å². The maximum absolute atomic E-state index is 13.4.